The summed E-state index contributed by atoms with van der Waals surface area (Å²) in [4.78, 5) is 29.7. The first-order chi connectivity index (χ1) is 20.0. The Labute approximate surface area is 241 Å². The summed E-state index contributed by atoms with van der Waals surface area (Å²) in [7, 11) is 1.52. The van der Waals surface area contributed by atoms with E-state index in [1.807, 2.05) is 103 Å². The van der Waals surface area contributed by atoms with Gasteiger partial charge >= 0.3 is 10.8 Å². The monoisotopic (exact) mass is 566 g/mol. The number of ether oxygens (including phenoxy) is 1. The molecular formula is C33H30N2O5S. The Morgan fingerprint density at radius 3 is 2.20 bits per heavy atom. The zero-order chi connectivity index (χ0) is 28.6. The predicted molar refractivity (Wildman–Crippen MR) is 162 cm³/mol. The lowest BCUT2D eigenvalue weighted by molar-refractivity contribution is -0.141. The molecular weight excluding hydrogens is 536 g/mol. The first-order valence-electron chi connectivity index (χ1n) is 13.3. The zero-order valence-corrected chi connectivity index (χ0v) is 23.4. The molecule has 4 aromatic carbocycles. The molecule has 0 amide bonds. The highest BCUT2D eigenvalue weighted by Crippen LogP contribution is 2.23. The van der Waals surface area contributed by atoms with Crippen molar-refractivity contribution in [1.29, 1.82) is 0 Å². The van der Waals surface area contributed by atoms with E-state index in [-0.39, 0.29) is 4.87 Å². The minimum Gasteiger partial charge on any atom is -0.492 e. The van der Waals surface area contributed by atoms with Crippen LogP contribution in [0.4, 0.5) is 0 Å². The van der Waals surface area contributed by atoms with Crippen LogP contribution in [0.25, 0.3) is 10.2 Å². The second-order valence-electron chi connectivity index (χ2n) is 9.61. The van der Waals surface area contributed by atoms with Crippen LogP contribution in [0.2, 0.25) is 0 Å². The maximum atomic E-state index is 12.8. The maximum Gasteiger partial charge on any atom is 0.308 e. The molecule has 0 aliphatic carbocycles. The van der Waals surface area contributed by atoms with Gasteiger partial charge in [0.1, 0.15) is 25.2 Å². The van der Waals surface area contributed by atoms with Crippen molar-refractivity contribution in [1.82, 2.24) is 4.57 Å². The van der Waals surface area contributed by atoms with Gasteiger partial charge in [-0.1, -0.05) is 95.4 Å². The lowest BCUT2D eigenvalue weighted by atomic mass is 9.92. The molecule has 1 aromatic heterocycles. The molecule has 41 heavy (non-hydrogen) atoms. The van der Waals surface area contributed by atoms with Gasteiger partial charge in [-0.15, -0.1) is 0 Å². The molecule has 5 aromatic rings. The summed E-state index contributed by atoms with van der Waals surface area (Å²) in [6, 6.07) is 32.8. The molecule has 0 bridgehead atoms. The molecule has 0 spiro atoms. The van der Waals surface area contributed by atoms with Gasteiger partial charge in [0.15, 0.2) is 0 Å². The number of carboxylic acid groups (broad SMARTS) is 1. The van der Waals surface area contributed by atoms with E-state index < -0.39 is 11.9 Å². The summed E-state index contributed by atoms with van der Waals surface area (Å²) in [5.41, 5.74) is 5.27. The van der Waals surface area contributed by atoms with Crippen LogP contribution < -0.4 is 9.61 Å². The van der Waals surface area contributed by atoms with Crippen molar-refractivity contribution in [2.24, 2.45) is 11.1 Å². The number of rotatable bonds is 12. The fourth-order valence-corrected chi connectivity index (χ4v) is 5.75. The number of hydrogen-bond donors (Lipinski definition) is 1. The minimum absolute atomic E-state index is 0.0563. The van der Waals surface area contributed by atoms with E-state index in [2.05, 4.69) is 5.16 Å². The third-order valence-corrected chi connectivity index (χ3v) is 7.78. The van der Waals surface area contributed by atoms with Crippen molar-refractivity contribution in [2.75, 3.05) is 13.7 Å². The SMILES string of the molecule is CON=C(c1ccccc1)c1ccc2c(c1)sc(=O)n2CCOc1ccc(CC(Cc2ccccc2)C(=O)O)cc1. The first-order valence-corrected chi connectivity index (χ1v) is 14.1. The number of carboxylic acids is 1. The average Bonchev–Trinajstić information content (AvgIpc) is 3.31. The van der Waals surface area contributed by atoms with Crippen molar-refractivity contribution in [2.45, 2.75) is 19.4 Å². The van der Waals surface area contributed by atoms with Crippen LogP contribution in [-0.4, -0.2) is 35.1 Å². The second-order valence-corrected chi connectivity index (χ2v) is 10.6. The van der Waals surface area contributed by atoms with Gasteiger partial charge < -0.3 is 14.7 Å². The second kappa shape index (κ2) is 13.1. The minimum atomic E-state index is -0.808. The average molecular weight is 567 g/mol. The van der Waals surface area contributed by atoms with E-state index >= 15 is 0 Å². The molecule has 0 radical (unpaired) electrons. The Morgan fingerprint density at radius 1 is 0.878 bits per heavy atom. The summed E-state index contributed by atoms with van der Waals surface area (Å²) >= 11 is 1.19. The number of fused-ring (bicyclic) bond motifs is 1. The maximum absolute atomic E-state index is 12.8. The van der Waals surface area contributed by atoms with E-state index in [9.17, 15) is 14.7 Å². The molecule has 1 unspecified atom stereocenters. The van der Waals surface area contributed by atoms with Crippen LogP contribution in [0.3, 0.4) is 0 Å². The van der Waals surface area contributed by atoms with E-state index in [0.717, 1.165) is 32.5 Å². The zero-order valence-electron chi connectivity index (χ0n) is 22.6. The van der Waals surface area contributed by atoms with Crippen LogP contribution >= 0.6 is 11.3 Å². The number of aromatic nitrogens is 1. The van der Waals surface area contributed by atoms with Gasteiger partial charge in [-0.25, -0.2) is 0 Å². The van der Waals surface area contributed by atoms with Crippen LogP contribution in [0.5, 0.6) is 5.75 Å². The Hall–Kier alpha value is -4.69. The van der Waals surface area contributed by atoms with Gasteiger partial charge in [0.25, 0.3) is 0 Å². The number of thiazole rings is 1. The Bertz CT molecular complexity index is 1690. The molecule has 0 fully saturated rings. The van der Waals surface area contributed by atoms with Gasteiger partial charge in [-0.2, -0.15) is 0 Å². The third kappa shape index (κ3) is 6.91. The van der Waals surface area contributed by atoms with Gasteiger partial charge in [0, 0.05) is 11.1 Å². The summed E-state index contributed by atoms with van der Waals surface area (Å²) in [5.74, 6) is -0.646. The highest BCUT2D eigenvalue weighted by molar-refractivity contribution is 7.16. The lowest BCUT2D eigenvalue weighted by Crippen LogP contribution is -2.19. The molecule has 208 valence electrons. The smallest absolute Gasteiger partial charge is 0.308 e. The third-order valence-electron chi connectivity index (χ3n) is 6.83. The van der Waals surface area contributed by atoms with Crippen molar-refractivity contribution in [3.63, 3.8) is 0 Å². The van der Waals surface area contributed by atoms with E-state index in [1.54, 1.807) is 4.57 Å². The molecule has 1 atom stereocenters. The number of benzene rings is 4. The summed E-state index contributed by atoms with van der Waals surface area (Å²) in [6.07, 6.45) is 0.913. The Balaban J connectivity index is 1.22. The molecule has 0 aliphatic heterocycles. The fourth-order valence-electron chi connectivity index (χ4n) is 4.79. The van der Waals surface area contributed by atoms with E-state index in [0.29, 0.717) is 37.5 Å². The summed E-state index contributed by atoms with van der Waals surface area (Å²) in [5, 5.41) is 13.9. The molecule has 5 rings (SSSR count). The molecule has 1 heterocycles. The highest BCUT2D eigenvalue weighted by atomic mass is 32.1. The topological polar surface area (TPSA) is 90.1 Å². The van der Waals surface area contributed by atoms with Crippen LogP contribution in [-0.2, 0) is 29.0 Å². The predicted octanol–water partition coefficient (Wildman–Crippen LogP) is 6.03. The lowest BCUT2D eigenvalue weighted by Gasteiger charge is -2.13. The number of carbonyl (C=O) groups is 1. The van der Waals surface area contributed by atoms with Crippen molar-refractivity contribution >= 4 is 33.2 Å². The number of aliphatic carboxylic acids is 1. The van der Waals surface area contributed by atoms with Gasteiger partial charge in [0.2, 0.25) is 0 Å². The first kappa shape index (κ1) is 27.9. The molecule has 0 saturated carbocycles. The number of oxime groups is 1. The van der Waals surface area contributed by atoms with Crippen molar-refractivity contribution in [3.05, 3.63) is 135 Å². The number of hydrogen-bond acceptors (Lipinski definition) is 6. The quantitative estimate of drug-likeness (QED) is 0.147. The molecule has 1 N–H and O–H groups in total. The number of nitrogens with zero attached hydrogens (tertiary/aromatic N) is 2. The standard InChI is InChI=1S/C33H30N2O5S/c1-39-34-31(25-10-6-3-7-11-25)26-14-17-29-30(22-26)41-33(38)35(29)18-19-40-28-15-12-24(13-16-28)21-27(32(36)37)20-23-8-4-2-5-9-23/h2-17,22,27H,18-21H2,1H3,(H,36,37). The van der Waals surface area contributed by atoms with Gasteiger partial charge in [-0.05, 0) is 48.2 Å². The fraction of sp³-hybridized carbons (Fsp3) is 0.182. The summed E-state index contributed by atoms with van der Waals surface area (Å²) < 4.78 is 8.51. The van der Waals surface area contributed by atoms with Gasteiger partial charge in [-0.3, -0.25) is 14.2 Å². The van der Waals surface area contributed by atoms with E-state index in [1.165, 1.54) is 18.4 Å². The Kier molecular flexibility index (Phi) is 8.91. The van der Waals surface area contributed by atoms with E-state index in [4.69, 9.17) is 9.57 Å². The highest BCUT2D eigenvalue weighted by Gasteiger charge is 2.19. The molecule has 0 saturated heterocycles. The van der Waals surface area contributed by atoms with Crippen LogP contribution in [0, 0.1) is 5.92 Å². The van der Waals surface area contributed by atoms with Gasteiger partial charge in [0.05, 0.1) is 22.7 Å². The molecule has 8 heteroatoms. The van der Waals surface area contributed by atoms with Crippen LogP contribution in [0.1, 0.15) is 22.3 Å². The summed E-state index contributed by atoms with van der Waals surface area (Å²) in [6.45, 7) is 0.717. The molecule has 0 aliphatic rings. The largest absolute Gasteiger partial charge is 0.492 e. The Morgan fingerprint density at radius 2 is 1.54 bits per heavy atom. The normalized spacial score (nSPS) is 12.3. The van der Waals surface area contributed by atoms with Crippen LogP contribution in [0.15, 0.2) is 113 Å². The molecule has 7 nitrogen and oxygen atoms in total. The van der Waals surface area contributed by atoms with Crippen molar-refractivity contribution in [3.8, 4) is 5.75 Å². The van der Waals surface area contributed by atoms with Crippen molar-refractivity contribution < 1.29 is 19.5 Å².